The van der Waals surface area contributed by atoms with E-state index in [2.05, 4.69) is 77.9 Å². The Hall–Kier alpha value is -2.91. The second-order valence-electron chi connectivity index (χ2n) is 13.9. The zero-order valence-electron chi connectivity index (χ0n) is 32.9. The van der Waals surface area contributed by atoms with Gasteiger partial charge in [-0.2, -0.15) is 0 Å². The van der Waals surface area contributed by atoms with E-state index >= 15 is 0 Å². The van der Waals surface area contributed by atoms with Crippen LogP contribution in [-0.4, -0.2) is 11.9 Å². The van der Waals surface area contributed by atoms with E-state index in [9.17, 15) is 10.2 Å². The number of aliphatic imine (C=N–C) groups is 2. The molecule has 3 aromatic carbocycles. The van der Waals surface area contributed by atoms with Crippen molar-refractivity contribution in [3.63, 3.8) is 0 Å². The number of benzene rings is 3. The molecular formula is C46H68N2NiO2. The summed E-state index contributed by atoms with van der Waals surface area (Å²) in [6.45, 7) is 13.5. The maximum absolute atomic E-state index is 10.9. The van der Waals surface area contributed by atoms with Crippen LogP contribution in [0.3, 0.4) is 0 Å². The van der Waals surface area contributed by atoms with Crippen LogP contribution in [0.25, 0.3) is 0 Å². The van der Waals surface area contributed by atoms with Crippen molar-refractivity contribution in [2.75, 3.05) is 0 Å². The van der Waals surface area contributed by atoms with Crippen LogP contribution in [-0.2, 0) is 48.6 Å². The molecule has 0 aliphatic heterocycles. The predicted molar refractivity (Wildman–Crippen MR) is 215 cm³/mol. The quantitative estimate of drug-likeness (QED) is 0.0552. The van der Waals surface area contributed by atoms with Gasteiger partial charge in [0.05, 0.1) is 17.1 Å². The Morgan fingerprint density at radius 3 is 1.51 bits per heavy atom. The average molecular weight is 740 g/mol. The van der Waals surface area contributed by atoms with Crippen molar-refractivity contribution in [3.05, 3.63) is 82.4 Å². The molecule has 51 heavy (non-hydrogen) atoms. The molecule has 3 rings (SSSR count). The summed E-state index contributed by atoms with van der Waals surface area (Å²) < 4.78 is 0. The summed E-state index contributed by atoms with van der Waals surface area (Å²) in [5, 5.41) is 21.6. The fraction of sp³-hybridized carbons (Fsp3) is 0.565. The average Bonchev–Trinajstić information content (AvgIpc) is 3.13. The summed E-state index contributed by atoms with van der Waals surface area (Å²) in [4.78, 5) is 10.1. The standard InChI is InChI=1S/C36H56N2.C10H14O2.Ni/c1-6-11-16-17-22-36(38-35-26-24-31(19-13-8-3)33(28-35)21-15-10-5)29-37-34-25-23-30(18-12-7-2)32(27-34)20-14-9-4;1-2-3-4-8-5-6-9(11)10(12)7-8;/h23-29H,6-22H2,1-5H3;5-7,11-12H,2-4H2,1H3;/q;;+2/p-2. The smallest absolute Gasteiger partial charge is 0.873 e. The molecule has 0 unspecified atom stereocenters. The van der Waals surface area contributed by atoms with Gasteiger partial charge in [-0.05, 0) is 129 Å². The second-order valence-corrected chi connectivity index (χ2v) is 13.9. The molecule has 0 heterocycles. The molecule has 0 radical (unpaired) electrons. The Balaban J connectivity index is 0.000000843. The minimum absolute atomic E-state index is 0. The summed E-state index contributed by atoms with van der Waals surface area (Å²) in [6.07, 6.45) is 25.7. The first kappa shape index (κ1) is 46.1. The van der Waals surface area contributed by atoms with Gasteiger partial charge in [0.1, 0.15) is 0 Å². The fourth-order valence-corrected chi connectivity index (χ4v) is 6.08. The van der Waals surface area contributed by atoms with Crippen molar-refractivity contribution in [1.82, 2.24) is 0 Å². The molecule has 0 aliphatic carbocycles. The second kappa shape index (κ2) is 28.7. The molecule has 0 saturated carbocycles. The number of unbranched alkanes of at least 4 members (excludes halogenated alkanes) is 8. The van der Waals surface area contributed by atoms with Gasteiger partial charge in [-0.3, -0.25) is 9.98 Å². The van der Waals surface area contributed by atoms with Gasteiger partial charge in [0, 0.05) is 6.21 Å². The molecule has 0 bridgehead atoms. The third-order valence-corrected chi connectivity index (χ3v) is 9.33. The van der Waals surface area contributed by atoms with Gasteiger partial charge in [-0.15, -0.1) is 11.5 Å². The van der Waals surface area contributed by atoms with Crippen LogP contribution in [0.2, 0.25) is 0 Å². The molecule has 0 saturated heterocycles. The van der Waals surface area contributed by atoms with Crippen LogP contribution in [0.15, 0.2) is 64.6 Å². The zero-order valence-corrected chi connectivity index (χ0v) is 33.9. The number of nitrogens with zero attached hydrogens (tertiary/aromatic N) is 2. The SMILES string of the molecule is CCCCCCC(C=Nc1ccc(CCCC)c(CCCC)c1)=Nc1ccc(CCCC)c(CCCC)c1.CCCCc1ccc([O-])c([O-])c1.[Ni+2]. The molecule has 0 aliphatic rings. The summed E-state index contributed by atoms with van der Waals surface area (Å²) in [5.41, 5.74) is 10.2. The number of rotatable bonds is 23. The molecule has 0 N–H and O–H groups in total. The maximum Gasteiger partial charge on any atom is 2.00 e. The van der Waals surface area contributed by atoms with Crippen molar-refractivity contribution in [2.24, 2.45) is 9.98 Å². The number of aryl methyl sites for hydroxylation is 5. The van der Waals surface area contributed by atoms with Gasteiger partial charge >= 0.3 is 16.5 Å². The summed E-state index contributed by atoms with van der Waals surface area (Å²) >= 11 is 0. The first-order valence-corrected chi connectivity index (χ1v) is 20.2. The van der Waals surface area contributed by atoms with Gasteiger partial charge in [0.2, 0.25) is 0 Å². The van der Waals surface area contributed by atoms with Gasteiger partial charge in [0.15, 0.2) is 0 Å². The summed E-state index contributed by atoms with van der Waals surface area (Å²) in [5.74, 6) is -0.793. The monoisotopic (exact) mass is 738 g/mol. The van der Waals surface area contributed by atoms with Crippen molar-refractivity contribution in [1.29, 1.82) is 0 Å². The molecule has 0 fully saturated rings. The molecule has 284 valence electrons. The minimum Gasteiger partial charge on any atom is -0.873 e. The molecule has 3 aromatic rings. The van der Waals surface area contributed by atoms with Gasteiger partial charge in [-0.1, -0.05) is 123 Å². The van der Waals surface area contributed by atoms with E-state index in [1.165, 1.54) is 124 Å². The Morgan fingerprint density at radius 1 is 0.490 bits per heavy atom. The molecule has 0 amide bonds. The van der Waals surface area contributed by atoms with E-state index in [0.29, 0.717) is 0 Å². The van der Waals surface area contributed by atoms with E-state index in [4.69, 9.17) is 9.98 Å². The van der Waals surface area contributed by atoms with E-state index < -0.39 is 5.75 Å². The molecule has 4 nitrogen and oxygen atoms in total. The Labute approximate surface area is 322 Å². The third-order valence-electron chi connectivity index (χ3n) is 9.33. The largest absolute Gasteiger partial charge is 2.00 e. The Bertz CT molecular complexity index is 1410. The van der Waals surface area contributed by atoms with Crippen molar-refractivity contribution < 1.29 is 26.7 Å². The van der Waals surface area contributed by atoms with Crippen molar-refractivity contribution in [3.8, 4) is 11.5 Å². The van der Waals surface area contributed by atoms with Crippen LogP contribution in [0.4, 0.5) is 11.4 Å². The Kier molecular flexibility index (Phi) is 25.9. The first-order valence-electron chi connectivity index (χ1n) is 20.2. The van der Waals surface area contributed by atoms with Crippen LogP contribution in [0.1, 0.15) is 166 Å². The van der Waals surface area contributed by atoms with E-state index in [1.54, 1.807) is 6.07 Å². The van der Waals surface area contributed by atoms with E-state index in [-0.39, 0.29) is 22.2 Å². The zero-order chi connectivity index (χ0) is 36.4. The van der Waals surface area contributed by atoms with Crippen LogP contribution < -0.4 is 10.2 Å². The number of hydrogen-bond acceptors (Lipinski definition) is 4. The molecule has 0 aromatic heterocycles. The third kappa shape index (κ3) is 18.9. The van der Waals surface area contributed by atoms with Crippen molar-refractivity contribution >= 4 is 23.3 Å². The van der Waals surface area contributed by atoms with Gasteiger partial charge < -0.3 is 10.2 Å². The topological polar surface area (TPSA) is 70.8 Å². The van der Waals surface area contributed by atoms with Crippen LogP contribution in [0, 0.1) is 0 Å². The maximum atomic E-state index is 10.9. The van der Waals surface area contributed by atoms with Crippen LogP contribution in [0.5, 0.6) is 11.5 Å². The minimum atomic E-state index is -0.407. The first-order chi connectivity index (χ1) is 24.4. The van der Waals surface area contributed by atoms with Gasteiger partial charge in [0.25, 0.3) is 0 Å². The van der Waals surface area contributed by atoms with Gasteiger partial charge in [-0.25, -0.2) is 0 Å². The summed E-state index contributed by atoms with van der Waals surface area (Å²) in [6, 6.07) is 18.3. The number of hydrogen-bond donors (Lipinski definition) is 0. The van der Waals surface area contributed by atoms with Crippen molar-refractivity contribution in [2.45, 2.75) is 170 Å². The van der Waals surface area contributed by atoms with E-state index in [0.717, 1.165) is 61.2 Å². The molecule has 0 spiro atoms. The van der Waals surface area contributed by atoms with E-state index in [1.807, 2.05) is 6.21 Å². The Morgan fingerprint density at radius 2 is 0.980 bits per heavy atom. The summed E-state index contributed by atoms with van der Waals surface area (Å²) in [7, 11) is 0. The molecule has 0 atom stereocenters. The predicted octanol–water partition coefficient (Wildman–Crippen LogP) is 12.7. The van der Waals surface area contributed by atoms with Crippen LogP contribution >= 0.6 is 0 Å². The molecular weight excluding hydrogens is 671 g/mol. The molecule has 5 heteroatoms. The normalized spacial score (nSPS) is 11.4. The fourth-order valence-electron chi connectivity index (χ4n) is 6.08.